The van der Waals surface area contributed by atoms with Crippen molar-refractivity contribution in [3.8, 4) is 0 Å². The van der Waals surface area contributed by atoms with E-state index in [1.165, 1.54) is 0 Å². The van der Waals surface area contributed by atoms with Crippen molar-refractivity contribution in [1.29, 1.82) is 0 Å². The molecule has 1 atom stereocenters. The summed E-state index contributed by atoms with van der Waals surface area (Å²) in [6, 6.07) is 0. The fourth-order valence-electron chi connectivity index (χ4n) is 0.0527. The Balaban J connectivity index is 3.34. The SMILES string of the molecule is O=C(O)C(O)[CH2][Au]. The fourth-order valence-corrected chi connectivity index (χ4v) is 0.431. The first-order valence-corrected chi connectivity index (χ1v) is 3.13. The number of aliphatic hydroxyl groups is 1. The van der Waals surface area contributed by atoms with Gasteiger partial charge in [-0.2, -0.15) is 0 Å². The van der Waals surface area contributed by atoms with E-state index in [-0.39, 0.29) is 4.64 Å². The second-order valence-electron chi connectivity index (χ2n) is 0.977. The summed E-state index contributed by atoms with van der Waals surface area (Å²) in [5.74, 6) is -1.16. The molecule has 0 aromatic rings. The van der Waals surface area contributed by atoms with Crippen molar-refractivity contribution in [2.24, 2.45) is 0 Å². The molecular weight excluding hydrogens is 281 g/mol. The fraction of sp³-hybridized carbons (Fsp3) is 0.667. The molecule has 0 radical (unpaired) electrons. The first kappa shape index (κ1) is 7.17. The van der Waals surface area contributed by atoms with Gasteiger partial charge in [0.05, 0.1) is 0 Å². The summed E-state index contributed by atoms with van der Waals surface area (Å²) < 4.78 is 0.218. The third kappa shape index (κ3) is 2.82. The third-order valence-corrected chi connectivity index (χ3v) is 1.24. The Kier molecular flexibility index (Phi) is 3.29. The third-order valence-electron chi connectivity index (χ3n) is 0.402. The molecular formula is C3H5AuO3. The number of carbonyl (C=O) groups is 1. The number of carboxylic acids is 1. The zero-order chi connectivity index (χ0) is 5.86. The van der Waals surface area contributed by atoms with Gasteiger partial charge < -0.3 is 0 Å². The van der Waals surface area contributed by atoms with Crippen molar-refractivity contribution >= 4 is 5.97 Å². The van der Waals surface area contributed by atoms with Crippen LogP contribution < -0.4 is 0 Å². The molecule has 0 heterocycles. The van der Waals surface area contributed by atoms with Crippen molar-refractivity contribution in [3.63, 3.8) is 0 Å². The van der Waals surface area contributed by atoms with E-state index in [0.29, 0.717) is 0 Å². The quantitative estimate of drug-likeness (QED) is 0.666. The van der Waals surface area contributed by atoms with E-state index in [9.17, 15) is 4.79 Å². The maximum atomic E-state index is 9.67. The van der Waals surface area contributed by atoms with Gasteiger partial charge >= 0.3 is 52.8 Å². The van der Waals surface area contributed by atoms with Gasteiger partial charge in [0.15, 0.2) is 0 Å². The van der Waals surface area contributed by atoms with Crippen LogP contribution in [0.5, 0.6) is 0 Å². The van der Waals surface area contributed by atoms with Crippen molar-refractivity contribution in [1.82, 2.24) is 0 Å². The van der Waals surface area contributed by atoms with Gasteiger partial charge in [-0.3, -0.25) is 0 Å². The average molecular weight is 286 g/mol. The minimum atomic E-state index is -1.21. The van der Waals surface area contributed by atoms with Crippen LogP contribution in [-0.4, -0.2) is 22.3 Å². The molecule has 1 unspecified atom stereocenters. The summed E-state index contributed by atoms with van der Waals surface area (Å²) in [6.07, 6.45) is -1.21. The molecule has 0 bridgehead atoms. The van der Waals surface area contributed by atoms with Crippen LogP contribution in [0, 0.1) is 0 Å². The topological polar surface area (TPSA) is 57.5 Å². The minimum absolute atomic E-state index is 0.218. The number of hydrogen-bond donors (Lipinski definition) is 2. The molecule has 46 valence electrons. The zero-order valence-corrected chi connectivity index (χ0v) is 5.56. The van der Waals surface area contributed by atoms with Crippen LogP contribution in [0.25, 0.3) is 0 Å². The van der Waals surface area contributed by atoms with Crippen molar-refractivity contribution in [2.75, 3.05) is 0 Å². The first-order chi connectivity index (χ1) is 3.18. The van der Waals surface area contributed by atoms with Gasteiger partial charge in [0.1, 0.15) is 0 Å². The van der Waals surface area contributed by atoms with Crippen molar-refractivity contribution in [2.45, 2.75) is 10.7 Å². The van der Waals surface area contributed by atoms with E-state index < -0.39 is 12.1 Å². The van der Waals surface area contributed by atoms with Gasteiger partial charge in [-0.25, -0.2) is 0 Å². The summed E-state index contributed by atoms with van der Waals surface area (Å²) in [4.78, 5) is 9.67. The summed E-state index contributed by atoms with van der Waals surface area (Å²) in [5, 5.41) is 16.2. The van der Waals surface area contributed by atoms with Crippen molar-refractivity contribution < 1.29 is 36.1 Å². The molecule has 0 saturated carbocycles. The van der Waals surface area contributed by atoms with Crippen molar-refractivity contribution in [3.05, 3.63) is 0 Å². The Labute approximate surface area is 53.3 Å². The van der Waals surface area contributed by atoms with Crippen LogP contribution in [-0.2, 0) is 25.9 Å². The standard InChI is InChI=1S/C3H5O3.Au/c1-2(4)3(5)6;/h2,4H,1H2,(H,5,6);. The van der Waals surface area contributed by atoms with E-state index in [2.05, 4.69) is 0 Å². The Morgan fingerprint density at radius 2 is 2.29 bits per heavy atom. The number of carboxylic acid groups (broad SMARTS) is 1. The number of hydrogen-bond acceptors (Lipinski definition) is 2. The molecule has 7 heavy (non-hydrogen) atoms. The normalized spacial score (nSPS) is 13.6. The summed E-state index contributed by atoms with van der Waals surface area (Å²) >= 11 is 1.96. The Morgan fingerprint density at radius 3 is 2.29 bits per heavy atom. The Morgan fingerprint density at radius 1 is 1.86 bits per heavy atom. The molecule has 0 saturated heterocycles. The predicted molar refractivity (Wildman–Crippen MR) is 18.4 cm³/mol. The van der Waals surface area contributed by atoms with Crippen LogP contribution in [0.1, 0.15) is 0 Å². The summed E-state index contributed by atoms with van der Waals surface area (Å²) in [5.41, 5.74) is 0. The molecule has 0 aromatic carbocycles. The Hall–Kier alpha value is 0.170. The Bertz CT molecular complexity index is 72.6. The number of aliphatic hydroxyl groups excluding tert-OH is 1. The van der Waals surface area contributed by atoms with Crippen LogP contribution in [0.4, 0.5) is 0 Å². The second kappa shape index (κ2) is 3.21. The summed E-state index contributed by atoms with van der Waals surface area (Å²) in [7, 11) is 0. The second-order valence-corrected chi connectivity index (χ2v) is 1.86. The van der Waals surface area contributed by atoms with Gasteiger partial charge in [0.25, 0.3) is 0 Å². The molecule has 0 aromatic heterocycles. The van der Waals surface area contributed by atoms with E-state index in [4.69, 9.17) is 10.2 Å². The van der Waals surface area contributed by atoms with E-state index >= 15 is 0 Å². The number of rotatable bonds is 2. The maximum absolute atomic E-state index is 9.67. The molecule has 0 amide bonds. The zero-order valence-electron chi connectivity index (χ0n) is 3.39. The predicted octanol–water partition coefficient (Wildman–Crippen LogP) is -0.603. The van der Waals surface area contributed by atoms with Gasteiger partial charge in [-0.15, -0.1) is 0 Å². The number of aliphatic carboxylic acids is 1. The molecule has 0 rings (SSSR count). The molecule has 0 spiro atoms. The van der Waals surface area contributed by atoms with E-state index in [1.807, 2.05) is 21.1 Å². The van der Waals surface area contributed by atoms with Crippen LogP contribution >= 0.6 is 0 Å². The van der Waals surface area contributed by atoms with Crippen LogP contribution in [0.3, 0.4) is 0 Å². The molecule has 2 N–H and O–H groups in total. The van der Waals surface area contributed by atoms with Crippen LogP contribution in [0.2, 0.25) is 4.64 Å². The molecule has 0 aliphatic rings. The molecule has 3 nitrogen and oxygen atoms in total. The first-order valence-electron chi connectivity index (χ1n) is 1.60. The van der Waals surface area contributed by atoms with Crippen LogP contribution in [0.15, 0.2) is 0 Å². The molecule has 0 aliphatic carbocycles. The monoisotopic (exact) mass is 286 g/mol. The summed E-state index contributed by atoms with van der Waals surface area (Å²) in [6.45, 7) is 0. The van der Waals surface area contributed by atoms with Gasteiger partial charge in [0, 0.05) is 0 Å². The van der Waals surface area contributed by atoms with E-state index in [1.54, 1.807) is 0 Å². The van der Waals surface area contributed by atoms with E-state index in [0.717, 1.165) is 0 Å². The van der Waals surface area contributed by atoms with Gasteiger partial charge in [-0.05, 0) is 0 Å². The average Bonchev–Trinajstić information content (AvgIpc) is 1.65. The molecule has 4 heteroatoms. The molecule has 0 aliphatic heterocycles. The van der Waals surface area contributed by atoms with Gasteiger partial charge in [0.2, 0.25) is 0 Å². The van der Waals surface area contributed by atoms with Gasteiger partial charge in [-0.1, -0.05) is 0 Å². The molecule has 0 fully saturated rings.